The van der Waals surface area contributed by atoms with Crippen LogP contribution in [-0.4, -0.2) is 15.9 Å². The lowest BCUT2D eigenvalue weighted by Crippen LogP contribution is -2.26. The van der Waals surface area contributed by atoms with Gasteiger partial charge in [-0.3, -0.25) is 10.1 Å². The molecular formula is C12H16N4O2. The number of hydrogen-bond acceptors (Lipinski definition) is 5. The van der Waals surface area contributed by atoms with E-state index in [1.807, 2.05) is 0 Å². The van der Waals surface area contributed by atoms with Crippen LogP contribution < -0.4 is 11.1 Å². The molecule has 1 aromatic rings. The topological polar surface area (TPSA) is 94.1 Å². The first-order valence-corrected chi connectivity index (χ1v) is 6.30. The maximum absolute atomic E-state index is 10.8. The summed E-state index contributed by atoms with van der Waals surface area (Å²) >= 11 is 0. The van der Waals surface area contributed by atoms with Crippen LogP contribution in [0.15, 0.2) is 12.1 Å². The second-order valence-corrected chi connectivity index (χ2v) is 5.32. The number of hydrogen-bond donors (Lipinski definition) is 2. The minimum atomic E-state index is -0.440. The molecular weight excluding hydrogens is 232 g/mol. The Hall–Kier alpha value is -1.85. The summed E-state index contributed by atoms with van der Waals surface area (Å²) < 4.78 is 0. The van der Waals surface area contributed by atoms with E-state index in [0.29, 0.717) is 17.8 Å². The number of nitrogen functional groups attached to an aromatic ring is 1. The number of aromatic nitrogens is 1. The van der Waals surface area contributed by atoms with E-state index in [9.17, 15) is 10.1 Å². The standard InChI is InChI=1S/C12H16N4O2/c13-11-5-9(16(17)18)6-12(15-11)14-10-4-7-1-2-8(10)3-7/h5-8,10H,1-4H2,(H3,13,14,15). The monoisotopic (exact) mass is 248 g/mol. The molecule has 3 atom stereocenters. The summed E-state index contributed by atoms with van der Waals surface area (Å²) in [6, 6.07) is 3.14. The lowest BCUT2D eigenvalue weighted by atomic mass is 9.95. The smallest absolute Gasteiger partial charge is 0.276 e. The van der Waals surface area contributed by atoms with Crippen LogP contribution in [0.2, 0.25) is 0 Å². The zero-order valence-corrected chi connectivity index (χ0v) is 10.0. The highest BCUT2D eigenvalue weighted by Crippen LogP contribution is 2.45. The van der Waals surface area contributed by atoms with Crippen molar-refractivity contribution in [3.8, 4) is 0 Å². The van der Waals surface area contributed by atoms with Crippen LogP contribution in [0.25, 0.3) is 0 Å². The van der Waals surface area contributed by atoms with E-state index < -0.39 is 4.92 Å². The van der Waals surface area contributed by atoms with Crippen molar-refractivity contribution in [2.24, 2.45) is 11.8 Å². The summed E-state index contributed by atoms with van der Waals surface area (Å²) in [7, 11) is 0. The van der Waals surface area contributed by atoms with E-state index in [1.165, 1.54) is 31.4 Å². The van der Waals surface area contributed by atoms with Gasteiger partial charge in [-0.1, -0.05) is 6.42 Å². The third kappa shape index (κ3) is 1.98. The number of nitrogens with two attached hydrogens (primary N) is 1. The molecule has 2 fully saturated rings. The molecule has 3 N–H and O–H groups in total. The zero-order chi connectivity index (χ0) is 12.7. The van der Waals surface area contributed by atoms with E-state index >= 15 is 0 Å². The van der Waals surface area contributed by atoms with Gasteiger partial charge in [-0.2, -0.15) is 0 Å². The zero-order valence-electron chi connectivity index (χ0n) is 10.0. The van der Waals surface area contributed by atoms with Gasteiger partial charge in [-0.05, 0) is 31.1 Å². The van der Waals surface area contributed by atoms with Crippen LogP contribution in [-0.2, 0) is 0 Å². The summed E-state index contributed by atoms with van der Waals surface area (Å²) in [5.74, 6) is 2.23. The van der Waals surface area contributed by atoms with Gasteiger partial charge in [0, 0.05) is 6.04 Å². The van der Waals surface area contributed by atoms with Crippen LogP contribution in [0.1, 0.15) is 25.7 Å². The molecule has 6 nitrogen and oxygen atoms in total. The Labute approximate surface area is 105 Å². The number of pyridine rings is 1. The Morgan fingerprint density at radius 2 is 2.22 bits per heavy atom. The second kappa shape index (κ2) is 4.12. The highest BCUT2D eigenvalue weighted by Gasteiger charge is 2.39. The molecule has 0 saturated heterocycles. The summed E-state index contributed by atoms with van der Waals surface area (Å²) in [5, 5.41) is 14.1. The third-order valence-electron chi connectivity index (χ3n) is 4.11. The van der Waals surface area contributed by atoms with Crippen LogP contribution >= 0.6 is 0 Å². The molecule has 18 heavy (non-hydrogen) atoms. The Kier molecular flexibility index (Phi) is 2.57. The molecule has 0 aliphatic heterocycles. The number of fused-ring (bicyclic) bond motifs is 2. The fourth-order valence-electron chi connectivity index (χ4n) is 3.33. The van der Waals surface area contributed by atoms with Gasteiger partial charge in [-0.15, -0.1) is 0 Å². The van der Waals surface area contributed by atoms with E-state index in [0.717, 1.165) is 12.3 Å². The molecule has 96 valence electrons. The summed E-state index contributed by atoms with van der Waals surface area (Å²) in [6.07, 6.45) is 5.01. The van der Waals surface area contributed by atoms with Crippen molar-refractivity contribution >= 4 is 17.3 Å². The lowest BCUT2D eigenvalue weighted by Gasteiger charge is -2.23. The second-order valence-electron chi connectivity index (χ2n) is 5.32. The molecule has 2 aliphatic rings. The van der Waals surface area contributed by atoms with Crippen molar-refractivity contribution in [3.05, 3.63) is 22.2 Å². The Bertz CT molecular complexity index is 491. The molecule has 0 aromatic carbocycles. The molecule has 2 aliphatic carbocycles. The number of nitrogens with one attached hydrogen (secondary N) is 1. The largest absolute Gasteiger partial charge is 0.383 e. The van der Waals surface area contributed by atoms with Crippen LogP contribution in [0.3, 0.4) is 0 Å². The van der Waals surface area contributed by atoms with E-state index in [-0.39, 0.29) is 11.5 Å². The summed E-state index contributed by atoms with van der Waals surface area (Å²) in [5.41, 5.74) is 5.59. The Balaban J connectivity index is 1.78. The average Bonchev–Trinajstić information content (AvgIpc) is 2.90. The van der Waals surface area contributed by atoms with Crippen LogP contribution in [0.4, 0.5) is 17.3 Å². The first-order valence-electron chi connectivity index (χ1n) is 6.30. The quantitative estimate of drug-likeness (QED) is 0.631. The van der Waals surface area contributed by atoms with Crippen molar-refractivity contribution in [2.75, 3.05) is 11.1 Å². The number of rotatable bonds is 3. The molecule has 3 unspecified atom stereocenters. The van der Waals surface area contributed by atoms with Crippen molar-refractivity contribution in [3.63, 3.8) is 0 Å². The minimum absolute atomic E-state index is 0.00634. The lowest BCUT2D eigenvalue weighted by molar-refractivity contribution is -0.384. The van der Waals surface area contributed by atoms with Gasteiger partial charge in [0.2, 0.25) is 0 Å². The SMILES string of the molecule is Nc1cc([N+](=O)[O-])cc(NC2CC3CCC2C3)n1. The molecule has 0 radical (unpaired) electrons. The number of nitro groups is 1. The molecule has 0 amide bonds. The van der Waals surface area contributed by atoms with E-state index in [1.54, 1.807) is 0 Å². The van der Waals surface area contributed by atoms with Gasteiger partial charge in [0.15, 0.2) is 0 Å². The predicted octanol–water partition coefficient (Wildman–Crippen LogP) is 2.17. The Morgan fingerprint density at radius 1 is 1.39 bits per heavy atom. The van der Waals surface area contributed by atoms with Gasteiger partial charge in [0.1, 0.15) is 11.6 Å². The minimum Gasteiger partial charge on any atom is -0.383 e. The highest BCUT2D eigenvalue weighted by atomic mass is 16.6. The average molecular weight is 248 g/mol. The van der Waals surface area contributed by atoms with Gasteiger partial charge in [0.25, 0.3) is 5.69 Å². The fraction of sp³-hybridized carbons (Fsp3) is 0.583. The van der Waals surface area contributed by atoms with Crippen molar-refractivity contribution in [1.82, 2.24) is 4.98 Å². The van der Waals surface area contributed by atoms with Crippen LogP contribution in [0.5, 0.6) is 0 Å². The van der Waals surface area contributed by atoms with Gasteiger partial charge >= 0.3 is 0 Å². The summed E-state index contributed by atoms with van der Waals surface area (Å²) in [6.45, 7) is 0. The van der Waals surface area contributed by atoms with Crippen molar-refractivity contribution in [2.45, 2.75) is 31.7 Å². The van der Waals surface area contributed by atoms with Gasteiger partial charge in [0.05, 0.1) is 17.1 Å². The molecule has 6 heteroatoms. The molecule has 2 saturated carbocycles. The van der Waals surface area contributed by atoms with Crippen LogP contribution in [0, 0.1) is 22.0 Å². The van der Waals surface area contributed by atoms with Crippen molar-refractivity contribution < 1.29 is 4.92 Å². The van der Waals surface area contributed by atoms with E-state index in [4.69, 9.17) is 5.73 Å². The molecule has 2 bridgehead atoms. The molecule has 3 rings (SSSR count). The number of anilines is 2. The van der Waals surface area contributed by atoms with Crippen molar-refractivity contribution in [1.29, 1.82) is 0 Å². The number of nitrogens with zero attached hydrogens (tertiary/aromatic N) is 2. The first-order chi connectivity index (χ1) is 8.61. The maximum Gasteiger partial charge on any atom is 0.276 e. The van der Waals surface area contributed by atoms with Gasteiger partial charge < -0.3 is 11.1 Å². The highest BCUT2D eigenvalue weighted by molar-refractivity contribution is 5.53. The van der Waals surface area contributed by atoms with Gasteiger partial charge in [-0.25, -0.2) is 4.98 Å². The molecule has 1 aromatic heterocycles. The predicted molar refractivity (Wildman–Crippen MR) is 68.2 cm³/mol. The third-order valence-corrected chi connectivity index (χ3v) is 4.11. The van der Waals surface area contributed by atoms with E-state index in [2.05, 4.69) is 10.3 Å². The Morgan fingerprint density at radius 3 is 2.83 bits per heavy atom. The maximum atomic E-state index is 10.8. The first kappa shape index (κ1) is 11.3. The molecule has 1 heterocycles. The fourth-order valence-corrected chi connectivity index (χ4v) is 3.33. The summed E-state index contributed by atoms with van der Waals surface area (Å²) in [4.78, 5) is 14.4. The molecule has 0 spiro atoms. The normalized spacial score (nSPS) is 29.4.